The van der Waals surface area contributed by atoms with Crippen LogP contribution in [0, 0.1) is 5.92 Å². The summed E-state index contributed by atoms with van der Waals surface area (Å²) in [6.45, 7) is 6.25. The summed E-state index contributed by atoms with van der Waals surface area (Å²) in [5.41, 5.74) is 0.621. The minimum Gasteiger partial charge on any atom is -0.469 e. The van der Waals surface area contributed by atoms with Crippen molar-refractivity contribution in [3.8, 4) is 0 Å². The molecule has 0 radical (unpaired) electrons. The van der Waals surface area contributed by atoms with Crippen LogP contribution in [0.3, 0.4) is 0 Å². The topological polar surface area (TPSA) is 84.0 Å². The van der Waals surface area contributed by atoms with E-state index < -0.39 is 23.8 Å². The first kappa shape index (κ1) is 20.6. The number of carbonyl (C=O) groups is 4. The molecule has 7 nitrogen and oxygen atoms in total. The number of methoxy groups -OCH3 is 1. The van der Waals surface area contributed by atoms with Crippen molar-refractivity contribution in [2.75, 3.05) is 20.2 Å². The first-order valence-corrected chi connectivity index (χ1v) is 9.10. The molecule has 1 aromatic rings. The molecule has 0 saturated carbocycles. The van der Waals surface area contributed by atoms with Gasteiger partial charge in [-0.15, -0.1) is 0 Å². The second-order valence-electron chi connectivity index (χ2n) is 7.04. The van der Waals surface area contributed by atoms with E-state index in [1.807, 2.05) is 13.8 Å². The molecule has 0 bridgehead atoms. The number of hydrogen-bond acceptors (Lipinski definition) is 5. The van der Waals surface area contributed by atoms with Crippen LogP contribution in [0.4, 0.5) is 0 Å². The molecular weight excluding hydrogens is 348 g/mol. The number of amides is 3. The summed E-state index contributed by atoms with van der Waals surface area (Å²) in [5, 5.41) is 0. The van der Waals surface area contributed by atoms with E-state index in [0.29, 0.717) is 23.6 Å². The number of carbonyl (C=O) groups excluding carboxylic acids is 4. The predicted molar refractivity (Wildman–Crippen MR) is 99.1 cm³/mol. The van der Waals surface area contributed by atoms with Gasteiger partial charge in [-0.25, -0.2) is 0 Å². The number of esters is 1. The lowest BCUT2D eigenvalue weighted by Gasteiger charge is -2.29. The fraction of sp³-hybridized carbons (Fsp3) is 0.500. The van der Waals surface area contributed by atoms with E-state index in [1.54, 1.807) is 31.2 Å². The van der Waals surface area contributed by atoms with Gasteiger partial charge in [-0.1, -0.05) is 26.0 Å². The highest BCUT2D eigenvalue weighted by atomic mass is 16.5. The van der Waals surface area contributed by atoms with Crippen molar-refractivity contribution in [3.05, 3.63) is 35.4 Å². The van der Waals surface area contributed by atoms with Crippen LogP contribution in [0.25, 0.3) is 0 Å². The SMILES string of the molecule is COC(=O)CCN(CCC(C)C)C(=O)C(C)N1C(=O)c2ccccc2C1=O. The molecule has 7 heteroatoms. The number of hydrogen-bond donors (Lipinski definition) is 0. The van der Waals surface area contributed by atoms with Crippen LogP contribution in [0.5, 0.6) is 0 Å². The quantitative estimate of drug-likeness (QED) is 0.514. The molecule has 2 rings (SSSR count). The summed E-state index contributed by atoms with van der Waals surface area (Å²) < 4.78 is 4.65. The molecule has 0 saturated heterocycles. The second-order valence-corrected chi connectivity index (χ2v) is 7.04. The van der Waals surface area contributed by atoms with Crippen molar-refractivity contribution < 1.29 is 23.9 Å². The first-order valence-electron chi connectivity index (χ1n) is 9.10. The first-order chi connectivity index (χ1) is 12.8. The van der Waals surface area contributed by atoms with Crippen molar-refractivity contribution >= 4 is 23.7 Å². The van der Waals surface area contributed by atoms with Crippen molar-refractivity contribution in [2.45, 2.75) is 39.7 Å². The lowest BCUT2D eigenvalue weighted by molar-refractivity contribution is -0.142. The molecule has 1 unspecified atom stereocenters. The lowest BCUT2D eigenvalue weighted by Crippen LogP contribution is -2.50. The highest BCUT2D eigenvalue weighted by molar-refractivity contribution is 6.22. The Bertz CT molecular complexity index is 709. The fourth-order valence-electron chi connectivity index (χ4n) is 3.01. The van der Waals surface area contributed by atoms with Gasteiger partial charge >= 0.3 is 5.97 Å². The standard InChI is InChI=1S/C20H26N2O5/c1-13(2)9-11-21(12-10-17(23)27-4)18(24)14(3)22-19(25)15-7-5-6-8-16(15)20(22)26/h5-8,13-14H,9-12H2,1-4H3. The zero-order chi connectivity index (χ0) is 20.1. The van der Waals surface area contributed by atoms with Crippen LogP contribution in [-0.2, 0) is 14.3 Å². The van der Waals surface area contributed by atoms with Crippen molar-refractivity contribution in [1.82, 2.24) is 9.80 Å². The van der Waals surface area contributed by atoms with E-state index in [1.165, 1.54) is 12.0 Å². The van der Waals surface area contributed by atoms with Crippen LogP contribution >= 0.6 is 0 Å². The molecule has 27 heavy (non-hydrogen) atoms. The average Bonchev–Trinajstić information content (AvgIpc) is 2.91. The normalized spacial score (nSPS) is 14.3. The van der Waals surface area contributed by atoms with E-state index in [-0.39, 0.29) is 18.9 Å². The zero-order valence-corrected chi connectivity index (χ0v) is 16.2. The Kier molecular flexibility index (Phi) is 6.71. The van der Waals surface area contributed by atoms with Crippen molar-refractivity contribution in [1.29, 1.82) is 0 Å². The molecule has 0 aromatic heterocycles. The number of rotatable bonds is 8. The summed E-state index contributed by atoms with van der Waals surface area (Å²) in [4.78, 5) is 52.3. The predicted octanol–water partition coefficient (Wildman–Crippen LogP) is 2.11. The van der Waals surface area contributed by atoms with Gasteiger partial charge in [-0.05, 0) is 31.4 Å². The summed E-state index contributed by atoms with van der Waals surface area (Å²) in [7, 11) is 1.30. The number of nitrogens with zero attached hydrogens (tertiary/aromatic N) is 2. The Morgan fingerprint density at radius 2 is 1.59 bits per heavy atom. The second kappa shape index (κ2) is 8.79. The minimum atomic E-state index is -0.942. The van der Waals surface area contributed by atoms with Crippen LogP contribution < -0.4 is 0 Å². The van der Waals surface area contributed by atoms with E-state index >= 15 is 0 Å². The van der Waals surface area contributed by atoms with Gasteiger partial charge in [0.2, 0.25) is 5.91 Å². The third kappa shape index (κ3) is 4.53. The smallest absolute Gasteiger partial charge is 0.307 e. The minimum absolute atomic E-state index is 0.0647. The van der Waals surface area contributed by atoms with Crippen LogP contribution in [-0.4, -0.2) is 59.7 Å². The van der Waals surface area contributed by atoms with Gasteiger partial charge in [-0.2, -0.15) is 0 Å². The molecule has 3 amide bonds. The van der Waals surface area contributed by atoms with Gasteiger partial charge < -0.3 is 9.64 Å². The molecule has 0 fully saturated rings. The Balaban J connectivity index is 2.17. The fourth-order valence-corrected chi connectivity index (χ4v) is 3.01. The molecule has 0 aliphatic carbocycles. The summed E-state index contributed by atoms with van der Waals surface area (Å²) in [6.07, 6.45) is 0.816. The number of fused-ring (bicyclic) bond motifs is 1. The third-order valence-corrected chi connectivity index (χ3v) is 4.67. The summed E-state index contributed by atoms with van der Waals surface area (Å²) >= 11 is 0. The Morgan fingerprint density at radius 3 is 2.07 bits per heavy atom. The maximum absolute atomic E-state index is 13.0. The summed E-state index contributed by atoms with van der Waals surface area (Å²) in [6, 6.07) is 5.60. The maximum atomic E-state index is 13.0. The van der Waals surface area contributed by atoms with Crippen LogP contribution in [0.1, 0.15) is 54.3 Å². The average molecular weight is 374 g/mol. The number of imide groups is 1. The molecule has 1 aromatic carbocycles. The van der Waals surface area contributed by atoms with Crippen molar-refractivity contribution in [3.63, 3.8) is 0 Å². The summed E-state index contributed by atoms with van der Waals surface area (Å²) in [5.74, 6) is -1.32. The van der Waals surface area contributed by atoms with E-state index in [0.717, 1.165) is 11.3 Å². The van der Waals surface area contributed by atoms with Gasteiger partial charge in [0.15, 0.2) is 0 Å². The van der Waals surface area contributed by atoms with Gasteiger partial charge in [-0.3, -0.25) is 24.1 Å². The highest BCUT2D eigenvalue weighted by Crippen LogP contribution is 2.25. The zero-order valence-electron chi connectivity index (χ0n) is 16.2. The van der Waals surface area contributed by atoms with Crippen LogP contribution in [0.15, 0.2) is 24.3 Å². The Hall–Kier alpha value is -2.70. The lowest BCUT2D eigenvalue weighted by atomic mass is 10.1. The molecule has 1 atom stereocenters. The Labute approximate surface area is 159 Å². The number of benzene rings is 1. The van der Waals surface area contributed by atoms with Gasteiger partial charge in [0.25, 0.3) is 11.8 Å². The molecule has 0 spiro atoms. The molecular formula is C20H26N2O5. The molecule has 1 aliphatic heterocycles. The molecule has 146 valence electrons. The van der Waals surface area contributed by atoms with E-state index in [4.69, 9.17) is 0 Å². The largest absolute Gasteiger partial charge is 0.469 e. The molecule has 1 heterocycles. The third-order valence-electron chi connectivity index (χ3n) is 4.67. The van der Waals surface area contributed by atoms with E-state index in [9.17, 15) is 19.2 Å². The molecule has 0 N–H and O–H groups in total. The Morgan fingerprint density at radius 1 is 1.04 bits per heavy atom. The van der Waals surface area contributed by atoms with Gasteiger partial charge in [0.1, 0.15) is 6.04 Å². The van der Waals surface area contributed by atoms with Gasteiger partial charge in [0, 0.05) is 13.1 Å². The number of ether oxygens (including phenoxy) is 1. The highest BCUT2D eigenvalue weighted by Gasteiger charge is 2.41. The monoisotopic (exact) mass is 374 g/mol. The maximum Gasteiger partial charge on any atom is 0.307 e. The van der Waals surface area contributed by atoms with Crippen molar-refractivity contribution in [2.24, 2.45) is 5.92 Å². The molecule has 1 aliphatic rings. The van der Waals surface area contributed by atoms with E-state index in [2.05, 4.69) is 4.74 Å². The van der Waals surface area contributed by atoms with Crippen LogP contribution in [0.2, 0.25) is 0 Å². The van der Waals surface area contributed by atoms with Gasteiger partial charge in [0.05, 0.1) is 24.7 Å².